The zero-order valence-corrected chi connectivity index (χ0v) is 17.3. The Morgan fingerprint density at radius 2 is 1.87 bits per heavy atom. The fourth-order valence-corrected chi connectivity index (χ4v) is 3.71. The molecule has 0 aliphatic heterocycles. The summed E-state index contributed by atoms with van der Waals surface area (Å²) in [5.74, 6) is 0.270. The third kappa shape index (κ3) is 3.70. The molecule has 0 spiro atoms. The van der Waals surface area contributed by atoms with Crippen LogP contribution in [0, 0.1) is 0 Å². The van der Waals surface area contributed by atoms with Crippen molar-refractivity contribution in [2.24, 2.45) is 0 Å². The van der Waals surface area contributed by atoms with Gasteiger partial charge in [-0.05, 0) is 35.9 Å². The molecule has 30 heavy (non-hydrogen) atoms. The van der Waals surface area contributed by atoms with Gasteiger partial charge in [0.25, 0.3) is 5.56 Å². The number of pyridine rings is 1. The van der Waals surface area contributed by atoms with Gasteiger partial charge in [0.05, 0.1) is 22.2 Å². The molecule has 4 rings (SSSR count). The minimum absolute atomic E-state index is 0.0787. The molecule has 0 aliphatic rings. The molecule has 152 valence electrons. The maximum Gasteiger partial charge on any atom is 0.293 e. The predicted octanol–water partition coefficient (Wildman–Crippen LogP) is 4.06. The highest BCUT2D eigenvalue weighted by atomic mass is 35.5. The van der Waals surface area contributed by atoms with E-state index in [0.29, 0.717) is 26.7 Å². The molecule has 2 N–H and O–H groups in total. The predicted molar refractivity (Wildman–Crippen MR) is 117 cm³/mol. The lowest BCUT2D eigenvalue weighted by Gasteiger charge is -2.13. The molecule has 0 amide bonds. The van der Waals surface area contributed by atoms with Gasteiger partial charge in [-0.3, -0.25) is 4.79 Å². The summed E-state index contributed by atoms with van der Waals surface area (Å²) in [7, 11) is 1.37. The number of nitrogens with one attached hydrogen (secondary N) is 1. The summed E-state index contributed by atoms with van der Waals surface area (Å²) >= 11 is 12.6. The van der Waals surface area contributed by atoms with Crippen LogP contribution in [-0.2, 0) is 6.61 Å². The zero-order chi connectivity index (χ0) is 21.3. The van der Waals surface area contributed by atoms with Crippen LogP contribution in [0.15, 0.2) is 59.5 Å². The van der Waals surface area contributed by atoms with Crippen molar-refractivity contribution in [1.82, 2.24) is 14.7 Å². The first-order valence-electron chi connectivity index (χ1n) is 8.90. The highest BCUT2D eigenvalue weighted by Gasteiger charge is 2.18. The number of anilines is 2. The Bertz CT molecular complexity index is 1290. The summed E-state index contributed by atoms with van der Waals surface area (Å²) in [6.07, 6.45) is 1.57. The molecule has 7 nitrogen and oxygen atoms in total. The summed E-state index contributed by atoms with van der Waals surface area (Å²) in [6, 6.07) is 13.9. The van der Waals surface area contributed by atoms with E-state index in [1.807, 2.05) is 6.07 Å². The van der Waals surface area contributed by atoms with Crippen LogP contribution in [0.5, 0.6) is 0 Å². The van der Waals surface area contributed by atoms with Crippen LogP contribution in [0.3, 0.4) is 0 Å². The van der Waals surface area contributed by atoms with Gasteiger partial charge in [0, 0.05) is 22.8 Å². The van der Waals surface area contributed by atoms with E-state index < -0.39 is 5.56 Å². The normalized spacial score (nSPS) is 10.9. The maximum absolute atomic E-state index is 13.1. The molecule has 2 aromatic heterocycles. The Hall–Kier alpha value is -3.13. The smallest absolute Gasteiger partial charge is 0.293 e. The Balaban J connectivity index is 1.84. The third-order valence-corrected chi connectivity index (χ3v) is 5.11. The minimum atomic E-state index is -0.452. The fraction of sp³-hybridized carbons (Fsp3) is 0.0952. The van der Waals surface area contributed by atoms with E-state index in [-0.39, 0.29) is 23.8 Å². The molecule has 0 bridgehead atoms. The molecule has 4 aromatic rings. The number of aliphatic hydroxyl groups excluding tert-OH is 1. The van der Waals surface area contributed by atoms with Crippen LogP contribution in [0.2, 0.25) is 10.0 Å². The van der Waals surface area contributed by atoms with Crippen molar-refractivity contribution in [2.75, 3.05) is 12.4 Å². The SMILES string of the molecule is COn1c(=O)c(-c2c(Cl)cccc2Cl)cc2cnc(Nc3cccc(CO)c3)nc21. The van der Waals surface area contributed by atoms with E-state index in [9.17, 15) is 9.90 Å². The topological polar surface area (TPSA) is 89.3 Å². The van der Waals surface area contributed by atoms with Gasteiger partial charge in [0.2, 0.25) is 5.95 Å². The number of aliphatic hydroxyl groups is 1. The number of benzene rings is 2. The number of halogens is 2. The van der Waals surface area contributed by atoms with Crippen LogP contribution in [-0.4, -0.2) is 26.9 Å². The summed E-state index contributed by atoms with van der Waals surface area (Å²) in [5, 5.41) is 13.6. The lowest BCUT2D eigenvalue weighted by Crippen LogP contribution is -2.27. The summed E-state index contributed by atoms with van der Waals surface area (Å²) in [4.78, 5) is 27.1. The summed E-state index contributed by atoms with van der Waals surface area (Å²) in [5.41, 5.74) is 1.97. The van der Waals surface area contributed by atoms with Crippen molar-refractivity contribution in [3.63, 3.8) is 0 Å². The number of aromatic nitrogens is 3. The average molecular weight is 443 g/mol. The molecule has 0 saturated heterocycles. The number of rotatable bonds is 5. The first-order valence-corrected chi connectivity index (χ1v) is 9.66. The molecule has 0 unspecified atom stereocenters. The second-order valence-electron chi connectivity index (χ2n) is 6.39. The molecular weight excluding hydrogens is 427 g/mol. The van der Waals surface area contributed by atoms with Crippen LogP contribution >= 0.6 is 23.2 Å². The largest absolute Gasteiger partial charge is 0.412 e. The standard InChI is InChI=1S/C21H16Cl2N4O3/c1-30-27-19-13(9-15(20(27)29)18-16(22)6-3-7-17(18)23)10-24-21(26-19)25-14-5-2-4-12(8-14)11-28/h2-10,28H,11H2,1H3,(H,24,25,26). The van der Waals surface area contributed by atoms with Gasteiger partial charge in [-0.15, -0.1) is 4.73 Å². The highest BCUT2D eigenvalue weighted by molar-refractivity contribution is 6.39. The van der Waals surface area contributed by atoms with Crippen LogP contribution in [0.1, 0.15) is 5.56 Å². The number of fused-ring (bicyclic) bond motifs is 1. The van der Waals surface area contributed by atoms with Gasteiger partial charge in [0.1, 0.15) is 7.11 Å². The van der Waals surface area contributed by atoms with Gasteiger partial charge in [-0.25, -0.2) is 4.98 Å². The van der Waals surface area contributed by atoms with E-state index in [0.717, 1.165) is 10.3 Å². The molecule has 0 aliphatic carbocycles. The van der Waals surface area contributed by atoms with Crippen LogP contribution in [0.4, 0.5) is 11.6 Å². The maximum atomic E-state index is 13.1. The van der Waals surface area contributed by atoms with E-state index in [1.54, 1.807) is 48.7 Å². The molecule has 0 radical (unpaired) electrons. The van der Waals surface area contributed by atoms with Gasteiger partial charge >= 0.3 is 0 Å². The third-order valence-electron chi connectivity index (χ3n) is 4.48. The van der Waals surface area contributed by atoms with Crippen molar-refractivity contribution in [2.45, 2.75) is 6.61 Å². The monoisotopic (exact) mass is 442 g/mol. The van der Waals surface area contributed by atoms with Crippen LogP contribution < -0.4 is 15.7 Å². The molecule has 0 atom stereocenters. The molecule has 2 heterocycles. The summed E-state index contributed by atoms with van der Waals surface area (Å²) in [6.45, 7) is -0.0787. The molecular formula is C21H16Cl2N4O3. The van der Waals surface area contributed by atoms with Crippen LogP contribution in [0.25, 0.3) is 22.2 Å². The first-order chi connectivity index (χ1) is 14.5. The molecule has 0 fully saturated rings. The Kier molecular flexibility index (Phi) is 5.59. The quantitative estimate of drug-likeness (QED) is 0.484. The van der Waals surface area contributed by atoms with E-state index in [4.69, 9.17) is 28.0 Å². The van der Waals surface area contributed by atoms with Crippen molar-refractivity contribution in [3.8, 4) is 11.1 Å². The van der Waals surface area contributed by atoms with Crippen molar-refractivity contribution in [1.29, 1.82) is 0 Å². The lowest BCUT2D eigenvalue weighted by atomic mass is 10.1. The fourth-order valence-electron chi connectivity index (χ4n) is 3.11. The van der Waals surface area contributed by atoms with Crippen molar-refractivity contribution >= 4 is 45.9 Å². The minimum Gasteiger partial charge on any atom is -0.412 e. The van der Waals surface area contributed by atoms with Gasteiger partial charge < -0.3 is 15.3 Å². The van der Waals surface area contributed by atoms with E-state index in [1.165, 1.54) is 7.11 Å². The number of nitrogens with zero attached hydrogens (tertiary/aromatic N) is 3. The molecule has 0 saturated carbocycles. The Labute approximate surface area is 181 Å². The first kappa shape index (κ1) is 20.2. The van der Waals surface area contributed by atoms with Crippen molar-refractivity contribution < 1.29 is 9.94 Å². The molecule has 2 aromatic carbocycles. The number of hydrogen-bond acceptors (Lipinski definition) is 6. The second kappa shape index (κ2) is 8.31. The lowest BCUT2D eigenvalue weighted by molar-refractivity contribution is 0.168. The van der Waals surface area contributed by atoms with E-state index in [2.05, 4.69) is 15.3 Å². The van der Waals surface area contributed by atoms with Crippen molar-refractivity contribution in [3.05, 3.63) is 80.7 Å². The highest BCUT2D eigenvalue weighted by Crippen LogP contribution is 2.33. The molecule has 9 heteroatoms. The summed E-state index contributed by atoms with van der Waals surface area (Å²) < 4.78 is 1.07. The Morgan fingerprint density at radius 3 is 2.57 bits per heavy atom. The second-order valence-corrected chi connectivity index (χ2v) is 7.21. The van der Waals surface area contributed by atoms with E-state index >= 15 is 0 Å². The van der Waals surface area contributed by atoms with Gasteiger partial charge in [0.15, 0.2) is 5.65 Å². The zero-order valence-electron chi connectivity index (χ0n) is 15.8. The Morgan fingerprint density at radius 1 is 1.13 bits per heavy atom. The number of hydrogen-bond donors (Lipinski definition) is 2. The average Bonchev–Trinajstić information content (AvgIpc) is 2.74. The van der Waals surface area contributed by atoms with Gasteiger partial charge in [-0.1, -0.05) is 41.4 Å². The van der Waals surface area contributed by atoms with Gasteiger partial charge in [-0.2, -0.15) is 4.98 Å².